The molecule has 1 aliphatic heterocycles. The average Bonchev–Trinajstić information content (AvgIpc) is 3.34. The largest absolute Gasteiger partial charge is 0.491 e. The molecule has 1 atom stereocenters. The third-order valence-corrected chi connectivity index (χ3v) is 6.52. The van der Waals surface area contributed by atoms with Crippen LogP contribution in [0, 0.1) is 6.92 Å². The minimum atomic E-state index is -0.476. The number of nitrogens with zero attached hydrogens (tertiary/aromatic N) is 3. The van der Waals surface area contributed by atoms with Crippen molar-refractivity contribution in [1.29, 1.82) is 0 Å². The van der Waals surface area contributed by atoms with Gasteiger partial charge in [0.1, 0.15) is 16.1 Å². The molecule has 176 valence electrons. The van der Waals surface area contributed by atoms with Gasteiger partial charge in [-0.1, -0.05) is 6.92 Å². The molecule has 0 radical (unpaired) electrons. The van der Waals surface area contributed by atoms with Crippen LogP contribution >= 0.6 is 11.3 Å². The van der Waals surface area contributed by atoms with Gasteiger partial charge >= 0.3 is 5.97 Å². The van der Waals surface area contributed by atoms with E-state index >= 15 is 0 Å². The molecule has 0 unspecified atom stereocenters. The van der Waals surface area contributed by atoms with Crippen molar-refractivity contribution >= 4 is 40.2 Å². The first-order chi connectivity index (χ1) is 15.9. The summed E-state index contributed by atoms with van der Waals surface area (Å²) in [5.41, 5.74) is 2.38. The van der Waals surface area contributed by atoms with Gasteiger partial charge in [0.15, 0.2) is 0 Å². The first-order valence-electron chi connectivity index (χ1n) is 11.1. The zero-order chi connectivity index (χ0) is 23.5. The number of anilines is 1. The summed E-state index contributed by atoms with van der Waals surface area (Å²) in [7, 11) is 1.33. The summed E-state index contributed by atoms with van der Waals surface area (Å²) >= 11 is 1.36. The SMILES string of the molecule is CCc1nc(C)sc1C(=O)Nc1nc2cc(C(=O)OC)cc3c2n1CCCO[C@H](C)CCO3. The van der Waals surface area contributed by atoms with Crippen LogP contribution in [0.4, 0.5) is 5.95 Å². The zero-order valence-electron chi connectivity index (χ0n) is 19.3. The number of carbonyl (C=O) groups excluding carboxylic acids is 2. The normalized spacial score (nSPS) is 16.7. The van der Waals surface area contributed by atoms with Crippen molar-refractivity contribution in [3.05, 3.63) is 33.3 Å². The second-order valence-electron chi connectivity index (χ2n) is 7.91. The fourth-order valence-corrected chi connectivity index (χ4v) is 4.76. The van der Waals surface area contributed by atoms with Crippen LogP contribution in [0.2, 0.25) is 0 Å². The van der Waals surface area contributed by atoms with Crippen molar-refractivity contribution in [2.24, 2.45) is 0 Å². The summed E-state index contributed by atoms with van der Waals surface area (Å²) in [6.07, 6.45) is 2.17. The molecule has 3 aromatic rings. The number of rotatable bonds is 4. The molecular weight excluding hydrogens is 444 g/mol. The molecule has 1 N–H and O–H groups in total. The van der Waals surface area contributed by atoms with Crippen molar-refractivity contribution in [3.8, 4) is 5.75 Å². The molecule has 1 aliphatic rings. The summed E-state index contributed by atoms with van der Waals surface area (Å²) in [5.74, 6) is 0.189. The number of hydrogen-bond acceptors (Lipinski definition) is 8. The van der Waals surface area contributed by atoms with E-state index in [9.17, 15) is 9.59 Å². The van der Waals surface area contributed by atoms with Crippen molar-refractivity contribution < 1.29 is 23.8 Å². The van der Waals surface area contributed by atoms with E-state index < -0.39 is 5.97 Å². The summed E-state index contributed by atoms with van der Waals surface area (Å²) in [4.78, 5) is 35.1. The Bertz CT molecular complexity index is 1190. The van der Waals surface area contributed by atoms with Crippen molar-refractivity contribution in [3.63, 3.8) is 0 Å². The summed E-state index contributed by atoms with van der Waals surface area (Å²) in [6, 6.07) is 3.33. The molecule has 0 saturated carbocycles. The van der Waals surface area contributed by atoms with E-state index in [-0.39, 0.29) is 12.0 Å². The lowest BCUT2D eigenvalue weighted by Crippen LogP contribution is -2.17. The molecule has 0 fully saturated rings. The minimum Gasteiger partial charge on any atom is -0.491 e. The lowest BCUT2D eigenvalue weighted by molar-refractivity contribution is 0.0484. The number of aromatic nitrogens is 3. The molecule has 3 heterocycles. The van der Waals surface area contributed by atoms with Gasteiger partial charge < -0.3 is 18.8 Å². The monoisotopic (exact) mass is 472 g/mol. The summed E-state index contributed by atoms with van der Waals surface area (Å²) < 4.78 is 18.8. The topological polar surface area (TPSA) is 105 Å². The fraction of sp³-hybridized carbons (Fsp3) is 0.478. The predicted octanol–water partition coefficient (Wildman–Crippen LogP) is 3.98. The number of nitrogens with one attached hydrogen (secondary N) is 1. The Kier molecular flexibility index (Phi) is 6.94. The van der Waals surface area contributed by atoms with Crippen LogP contribution in [0.1, 0.15) is 57.4 Å². The van der Waals surface area contributed by atoms with E-state index in [1.807, 2.05) is 25.3 Å². The maximum atomic E-state index is 13.1. The first-order valence-corrected chi connectivity index (χ1v) is 11.9. The number of benzene rings is 1. The van der Waals surface area contributed by atoms with Gasteiger partial charge in [-0.05, 0) is 38.8 Å². The molecule has 4 rings (SSSR count). The highest BCUT2D eigenvalue weighted by atomic mass is 32.1. The molecule has 2 aromatic heterocycles. The molecule has 0 bridgehead atoms. The fourth-order valence-electron chi connectivity index (χ4n) is 3.86. The smallest absolute Gasteiger partial charge is 0.338 e. The number of esters is 1. The van der Waals surface area contributed by atoms with E-state index in [0.29, 0.717) is 60.3 Å². The van der Waals surface area contributed by atoms with Gasteiger partial charge in [-0.2, -0.15) is 0 Å². The molecule has 0 saturated heterocycles. The van der Waals surface area contributed by atoms with Crippen LogP contribution in [0.5, 0.6) is 5.75 Å². The first kappa shape index (κ1) is 23.2. The number of ether oxygens (including phenoxy) is 3. The lowest BCUT2D eigenvalue weighted by Gasteiger charge is -2.13. The number of carbonyl (C=O) groups is 2. The standard InChI is InChI=1S/C23H28N4O5S/c1-5-16-20(33-14(3)24-16)21(28)26-23-25-17-11-15(22(29)30-4)12-18-19(17)27(23)8-6-9-31-13(2)7-10-32-18/h11-13H,5-10H2,1-4H3,(H,25,26,28)/t13-/m1/s1. The Labute approximate surface area is 196 Å². The highest BCUT2D eigenvalue weighted by Gasteiger charge is 2.23. The van der Waals surface area contributed by atoms with E-state index in [1.54, 1.807) is 12.1 Å². The maximum Gasteiger partial charge on any atom is 0.338 e. The van der Waals surface area contributed by atoms with E-state index in [4.69, 9.17) is 14.2 Å². The van der Waals surface area contributed by atoms with Gasteiger partial charge in [0, 0.05) is 19.6 Å². The number of aryl methyl sites for hydroxylation is 3. The second kappa shape index (κ2) is 9.88. The second-order valence-corrected chi connectivity index (χ2v) is 9.11. The van der Waals surface area contributed by atoms with Crippen molar-refractivity contribution in [1.82, 2.24) is 14.5 Å². The summed E-state index contributed by atoms with van der Waals surface area (Å²) in [6.45, 7) is 7.44. The highest BCUT2D eigenvalue weighted by molar-refractivity contribution is 7.13. The van der Waals surface area contributed by atoms with Crippen molar-refractivity contribution in [2.45, 2.75) is 52.7 Å². The Balaban J connectivity index is 1.79. The zero-order valence-corrected chi connectivity index (χ0v) is 20.1. The molecule has 1 amide bonds. The van der Waals surface area contributed by atoms with E-state index in [1.165, 1.54) is 18.4 Å². The molecular formula is C23H28N4O5S. The molecule has 1 aromatic carbocycles. The maximum absolute atomic E-state index is 13.1. The minimum absolute atomic E-state index is 0.0566. The number of imidazole rings is 1. The molecule has 33 heavy (non-hydrogen) atoms. The van der Waals surface area contributed by atoms with Crippen LogP contribution in [0.25, 0.3) is 11.0 Å². The van der Waals surface area contributed by atoms with Crippen LogP contribution in [-0.2, 0) is 22.4 Å². The Morgan fingerprint density at radius 3 is 2.88 bits per heavy atom. The van der Waals surface area contributed by atoms with Crippen LogP contribution in [-0.4, -0.2) is 52.8 Å². The van der Waals surface area contributed by atoms with Gasteiger partial charge in [-0.25, -0.2) is 14.8 Å². The van der Waals surface area contributed by atoms with E-state index in [0.717, 1.165) is 22.6 Å². The number of thiazole rings is 1. The van der Waals surface area contributed by atoms with Crippen molar-refractivity contribution in [2.75, 3.05) is 25.6 Å². The van der Waals surface area contributed by atoms with Gasteiger partial charge in [0.05, 0.1) is 41.6 Å². The van der Waals surface area contributed by atoms with Crippen LogP contribution in [0.15, 0.2) is 12.1 Å². The molecule has 9 nitrogen and oxygen atoms in total. The quantitative estimate of drug-likeness (QED) is 0.573. The van der Waals surface area contributed by atoms with Crippen LogP contribution < -0.4 is 10.1 Å². The Hall–Kier alpha value is -2.98. The summed E-state index contributed by atoms with van der Waals surface area (Å²) in [5, 5.41) is 3.80. The molecule has 10 heteroatoms. The third kappa shape index (κ3) is 4.86. The van der Waals surface area contributed by atoms with Crippen LogP contribution in [0.3, 0.4) is 0 Å². The Morgan fingerprint density at radius 1 is 1.30 bits per heavy atom. The molecule has 0 spiro atoms. The molecule has 0 aliphatic carbocycles. The number of hydrogen-bond donors (Lipinski definition) is 1. The lowest BCUT2D eigenvalue weighted by atomic mass is 10.2. The predicted molar refractivity (Wildman–Crippen MR) is 125 cm³/mol. The van der Waals surface area contributed by atoms with Gasteiger partial charge in [0.2, 0.25) is 5.95 Å². The Morgan fingerprint density at radius 2 is 2.12 bits per heavy atom. The number of methoxy groups -OCH3 is 1. The van der Waals surface area contributed by atoms with Gasteiger partial charge in [-0.3, -0.25) is 10.1 Å². The number of amides is 1. The third-order valence-electron chi connectivity index (χ3n) is 5.51. The van der Waals surface area contributed by atoms with Gasteiger partial charge in [-0.15, -0.1) is 11.3 Å². The average molecular weight is 473 g/mol. The highest BCUT2D eigenvalue weighted by Crippen LogP contribution is 2.32. The van der Waals surface area contributed by atoms with E-state index in [2.05, 4.69) is 15.3 Å². The van der Waals surface area contributed by atoms with Gasteiger partial charge in [0.25, 0.3) is 5.91 Å².